The van der Waals surface area contributed by atoms with E-state index in [4.69, 9.17) is 4.99 Å². The summed E-state index contributed by atoms with van der Waals surface area (Å²) < 4.78 is 2.33. The van der Waals surface area contributed by atoms with E-state index in [0.29, 0.717) is 0 Å². The zero-order valence-electron chi connectivity index (χ0n) is 27.9. The van der Waals surface area contributed by atoms with Gasteiger partial charge in [-0.1, -0.05) is 116 Å². The standard InChI is InChI=1S/C46H36N4/c1-2-13-45(49-46(35-14-5-3-6-15-35)36-24-22-34(23-25-36)42-20-11-12-28-48-42)50-43-26-21-33(27-29-47-39-18-7-4-8-19-39)30-40(43)41-31-37-16-9-10-17-38(37)32-44(41)50/h3-32,47H,2H2,1H3/b29-27-,45-13-,49-46+. The summed E-state index contributed by atoms with van der Waals surface area (Å²) in [5.41, 5.74) is 9.47. The van der Waals surface area contributed by atoms with E-state index in [9.17, 15) is 0 Å². The Morgan fingerprint density at radius 2 is 1.34 bits per heavy atom. The molecule has 1 N–H and O–H groups in total. The van der Waals surface area contributed by atoms with Crippen molar-refractivity contribution in [1.82, 2.24) is 9.55 Å². The van der Waals surface area contributed by atoms with E-state index in [2.05, 4.69) is 149 Å². The third-order valence-electron chi connectivity index (χ3n) is 8.96. The molecular weight excluding hydrogens is 609 g/mol. The first-order valence-corrected chi connectivity index (χ1v) is 17.1. The number of aromatic nitrogens is 2. The summed E-state index contributed by atoms with van der Waals surface area (Å²) in [6.07, 6.45) is 9.03. The van der Waals surface area contributed by atoms with E-state index in [-0.39, 0.29) is 0 Å². The fraction of sp³-hybridized carbons (Fsp3) is 0.0435. The Morgan fingerprint density at radius 1 is 0.660 bits per heavy atom. The highest BCUT2D eigenvalue weighted by molar-refractivity contribution is 6.17. The molecule has 6 aromatic carbocycles. The number of pyridine rings is 1. The van der Waals surface area contributed by atoms with Gasteiger partial charge < -0.3 is 5.32 Å². The SMILES string of the molecule is CC/C=C(/N=C(\c1ccccc1)c1ccc(-c2ccccn2)cc1)n1c2ccc(/C=C\Nc3ccccc3)cc2c2cc3ccccc3cc21. The van der Waals surface area contributed by atoms with E-state index in [0.717, 1.165) is 62.6 Å². The van der Waals surface area contributed by atoms with Gasteiger partial charge in [-0.15, -0.1) is 0 Å². The molecule has 8 rings (SSSR count). The lowest BCUT2D eigenvalue weighted by Gasteiger charge is -2.14. The molecule has 0 saturated carbocycles. The fourth-order valence-corrected chi connectivity index (χ4v) is 6.55. The third-order valence-corrected chi connectivity index (χ3v) is 8.96. The molecule has 8 aromatic rings. The normalized spacial score (nSPS) is 12.3. The van der Waals surface area contributed by atoms with Crippen LogP contribution in [0.5, 0.6) is 0 Å². The maximum atomic E-state index is 5.54. The monoisotopic (exact) mass is 644 g/mol. The lowest BCUT2D eigenvalue weighted by Crippen LogP contribution is -2.06. The lowest BCUT2D eigenvalue weighted by molar-refractivity contribution is 1.12. The first kappa shape index (κ1) is 30.8. The molecule has 0 bridgehead atoms. The lowest BCUT2D eigenvalue weighted by atomic mass is 10.00. The van der Waals surface area contributed by atoms with E-state index < -0.39 is 0 Å². The highest BCUT2D eigenvalue weighted by Gasteiger charge is 2.17. The van der Waals surface area contributed by atoms with Crippen LogP contribution in [0.2, 0.25) is 0 Å². The predicted molar refractivity (Wildman–Crippen MR) is 212 cm³/mol. The molecule has 0 aliphatic heterocycles. The Bertz CT molecular complexity index is 2510. The van der Waals surface area contributed by atoms with Crippen LogP contribution in [0.15, 0.2) is 181 Å². The molecule has 0 fully saturated rings. The van der Waals surface area contributed by atoms with Gasteiger partial charge in [0.05, 0.1) is 22.4 Å². The zero-order chi connectivity index (χ0) is 33.7. The van der Waals surface area contributed by atoms with E-state index in [1.54, 1.807) is 0 Å². The summed E-state index contributed by atoms with van der Waals surface area (Å²) in [6, 6.07) is 55.2. The van der Waals surface area contributed by atoms with Crippen LogP contribution in [-0.2, 0) is 0 Å². The average molecular weight is 645 g/mol. The highest BCUT2D eigenvalue weighted by atomic mass is 15.1. The number of hydrogen-bond donors (Lipinski definition) is 1. The van der Waals surface area contributed by atoms with Gasteiger partial charge in [0, 0.05) is 45.5 Å². The third kappa shape index (κ3) is 6.23. The Morgan fingerprint density at radius 3 is 2.08 bits per heavy atom. The van der Waals surface area contributed by atoms with Crippen molar-refractivity contribution in [2.45, 2.75) is 13.3 Å². The summed E-state index contributed by atoms with van der Waals surface area (Å²) in [7, 11) is 0. The minimum atomic E-state index is 0.834. The van der Waals surface area contributed by atoms with Crippen LogP contribution in [0.1, 0.15) is 30.0 Å². The Kier molecular flexibility index (Phi) is 8.57. The Labute approximate surface area is 292 Å². The van der Waals surface area contributed by atoms with Gasteiger partial charge in [-0.3, -0.25) is 9.55 Å². The minimum absolute atomic E-state index is 0.834. The van der Waals surface area contributed by atoms with Gasteiger partial charge in [-0.25, -0.2) is 4.99 Å². The van der Waals surface area contributed by atoms with Crippen molar-refractivity contribution in [1.29, 1.82) is 0 Å². The topological polar surface area (TPSA) is 42.2 Å². The number of hydrogen-bond acceptors (Lipinski definition) is 3. The van der Waals surface area contributed by atoms with Gasteiger partial charge in [0.2, 0.25) is 0 Å². The smallest absolute Gasteiger partial charge is 0.134 e. The number of nitrogens with one attached hydrogen (secondary N) is 1. The van der Waals surface area contributed by atoms with Crippen LogP contribution in [0.4, 0.5) is 5.69 Å². The minimum Gasteiger partial charge on any atom is -0.362 e. The van der Waals surface area contributed by atoms with Gasteiger partial charge >= 0.3 is 0 Å². The summed E-state index contributed by atoms with van der Waals surface area (Å²) in [5.74, 6) is 0.893. The van der Waals surface area contributed by atoms with Crippen molar-refractivity contribution < 1.29 is 0 Å². The highest BCUT2D eigenvalue weighted by Crippen LogP contribution is 2.36. The van der Waals surface area contributed by atoms with Gasteiger partial charge in [-0.2, -0.15) is 0 Å². The number of aliphatic imine (C=N–C) groups is 1. The van der Waals surface area contributed by atoms with Crippen LogP contribution in [0, 0.1) is 0 Å². The average Bonchev–Trinajstić information content (AvgIpc) is 3.49. The molecule has 4 heteroatoms. The largest absolute Gasteiger partial charge is 0.362 e. The Balaban J connectivity index is 1.29. The molecule has 0 atom stereocenters. The van der Waals surface area contributed by atoms with Gasteiger partial charge in [-0.05, 0) is 83.4 Å². The molecule has 0 amide bonds. The number of nitrogens with zero attached hydrogens (tertiary/aromatic N) is 3. The van der Waals surface area contributed by atoms with Gasteiger partial charge in [0.15, 0.2) is 0 Å². The maximum Gasteiger partial charge on any atom is 0.134 e. The molecule has 4 nitrogen and oxygen atoms in total. The van der Waals surface area contributed by atoms with Crippen LogP contribution in [0.25, 0.3) is 55.7 Å². The second kappa shape index (κ2) is 13.9. The van der Waals surface area contributed by atoms with E-state index in [1.165, 1.54) is 21.5 Å². The molecule has 240 valence electrons. The maximum absolute atomic E-state index is 5.54. The molecule has 2 heterocycles. The number of allylic oxidation sites excluding steroid dienone is 1. The molecule has 50 heavy (non-hydrogen) atoms. The van der Waals surface area contributed by atoms with Crippen molar-refractivity contribution in [3.63, 3.8) is 0 Å². The molecule has 0 aliphatic rings. The van der Waals surface area contributed by atoms with Gasteiger partial charge in [0.1, 0.15) is 5.82 Å². The molecule has 0 saturated heterocycles. The number of para-hydroxylation sites is 1. The molecular formula is C46H36N4. The number of anilines is 1. The Hall–Kier alpha value is -6.52. The quantitative estimate of drug-likeness (QED) is 0.159. The fourth-order valence-electron chi connectivity index (χ4n) is 6.55. The number of fused-ring (bicyclic) bond motifs is 4. The number of rotatable bonds is 9. The van der Waals surface area contributed by atoms with Crippen molar-refractivity contribution in [2.75, 3.05) is 5.32 Å². The van der Waals surface area contributed by atoms with Crippen LogP contribution in [-0.4, -0.2) is 15.3 Å². The molecule has 0 spiro atoms. The summed E-state index contributed by atoms with van der Waals surface area (Å²) in [5, 5.41) is 8.19. The van der Waals surface area contributed by atoms with Crippen LogP contribution < -0.4 is 5.32 Å². The molecule has 0 radical (unpaired) electrons. The number of benzene rings is 6. The van der Waals surface area contributed by atoms with Crippen LogP contribution in [0.3, 0.4) is 0 Å². The second-order valence-electron chi connectivity index (χ2n) is 12.3. The van der Waals surface area contributed by atoms with Crippen LogP contribution >= 0.6 is 0 Å². The van der Waals surface area contributed by atoms with Crippen molar-refractivity contribution in [3.05, 3.63) is 193 Å². The molecule has 0 aliphatic carbocycles. The summed E-state index contributed by atoms with van der Waals surface area (Å²) in [4.78, 5) is 10.1. The summed E-state index contributed by atoms with van der Waals surface area (Å²) >= 11 is 0. The van der Waals surface area contributed by atoms with Crippen molar-refractivity contribution >= 4 is 55.9 Å². The summed E-state index contributed by atoms with van der Waals surface area (Å²) in [6.45, 7) is 2.17. The first-order chi connectivity index (χ1) is 24.7. The first-order valence-electron chi connectivity index (χ1n) is 17.1. The second-order valence-corrected chi connectivity index (χ2v) is 12.3. The van der Waals surface area contributed by atoms with Gasteiger partial charge in [0.25, 0.3) is 0 Å². The van der Waals surface area contributed by atoms with Crippen molar-refractivity contribution in [2.24, 2.45) is 4.99 Å². The van der Waals surface area contributed by atoms with Crippen molar-refractivity contribution in [3.8, 4) is 11.3 Å². The molecule has 0 unspecified atom stereocenters. The predicted octanol–water partition coefficient (Wildman–Crippen LogP) is 11.8. The van der Waals surface area contributed by atoms with E-state index >= 15 is 0 Å². The van der Waals surface area contributed by atoms with E-state index in [1.807, 2.05) is 54.9 Å². The zero-order valence-corrected chi connectivity index (χ0v) is 27.9. The molecule has 2 aromatic heterocycles.